The Labute approximate surface area is 128 Å². The van der Waals surface area contributed by atoms with E-state index in [0.29, 0.717) is 11.4 Å². The molecule has 2 rings (SSSR count). The van der Waals surface area contributed by atoms with E-state index in [9.17, 15) is 14.4 Å². The largest absolute Gasteiger partial charge is 0.341 e. The fraction of sp³-hybridized carbons (Fsp3) is 0.571. The van der Waals surface area contributed by atoms with Crippen LogP contribution in [0, 0.1) is 13.8 Å². The van der Waals surface area contributed by atoms with Gasteiger partial charge < -0.3 is 15.5 Å². The molecule has 0 aliphatic carbocycles. The highest BCUT2D eigenvalue weighted by Crippen LogP contribution is 2.17. The molecule has 120 valence electrons. The Morgan fingerprint density at radius 3 is 2.32 bits per heavy atom. The average molecular weight is 307 g/mol. The number of aromatic nitrogens is 2. The molecule has 1 fully saturated rings. The number of carbonyl (C=O) groups excluding carboxylic acids is 3. The second-order valence-electron chi connectivity index (χ2n) is 5.39. The van der Waals surface area contributed by atoms with Crippen molar-refractivity contribution in [2.75, 3.05) is 25.0 Å². The van der Waals surface area contributed by atoms with Crippen LogP contribution in [0.3, 0.4) is 0 Å². The quantitative estimate of drug-likeness (QED) is 0.750. The zero-order valence-corrected chi connectivity index (χ0v) is 13.1. The summed E-state index contributed by atoms with van der Waals surface area (Å²) in [6.45, 7) is 4.82. The Kier molecular flexibility index (Phi) is 4.79. The molecule has 1 saturated heterocycles. The van der Waals surface area contributed by atoms with Crippen LogP contribution >= 0.6 is 0 Å². The summed E-state index contributed by atoms with van der Waals surface area (Å²) in [5.74, 6) is -1.78. The monoisotopic (exact) mass is 307 g/mol. The maximum atomic E-state index is 11.9. The minimum absolute atomic E-state index is 0.155. The minimum atomic E-state index is -0.824. The zero-order valence-electron chi connectivity index (χ0n) is 13.1. The molecule has 1 aromatic heterocycles. The van der Waals surface area contributed by atoms with Gasteiger partial charge >= 0.3 is 11.8 Å². The van der Waals surface area contributed by atoms with E-state index in [1.54, 1.807) is 30.5 Å². The molecule has 2 heterocycles. The molecule has 0 saturated carbocycles. The van der Waals surface area contributed by atoms with Gasteiger partial charge in [0.1, 0.15) is 0 Å². The van der Waals surface area contributed by atoms with E-state index in [4.69, 9.17) is 0 Å². The van der Waals surface area contributed by atoms with Crippen molar-refractivity contribution in [3.05, 3.63) is 11.4 Å². The van der Waals surface area contributed by atoms with Crippen LogP contribution in [0.2, 0.25) is 0 Å². The molecule has 0 atom stereocenters. The summed E-state index contributed by atoms with van der Waals surface area (Å²) >= 11 is 0. The molecule has 22 heavy (non-hydrogen) atoms. The van der Waals surface area contributed by atoms with Crippen LogP contribution in [0.4, 0.5) is 5.69 Å². The molecular weight excluding hydrogens is 286 g/mol. The first-order valence-electron chi connectivity index (χ1n) is 7.27. The van der Waals surface area contributed by atoms with E-state index in [2.05, 4.69) is 15.7 Å². The lowest BCUT2D eigenvalue weighted by molar-refractivity contribution is -0.138. The van der Waals surface area contributed by atoms with Crippen molar-refractivity contribution in [3.8, 4) is 0 Å². The van der Waals surface area contributed by atoms with Crippen LogP contribution < -0.4 is 10.6 Å². The Morgan fingerprint density at radius 2 is 1.77 bits per heavy atom. The molecule has 0 aromatic carbocycles. The molecule has 3 amide bonds. The van der Waals surface area contributed by atoms with Gasteiger partial charge in [-0.3, -0.25) is 19.1 Å². The number of aryl methyl sites for hydroxylation is 2. The number of hydrogen-bond acceptors (Lipinski definition) is 4. The van der Waals surface area contributed by atoms with Gasteiger partial charge in [-0.15, -0.1) is 0 Å². The third-order valence-corrected chi connectivity index (χ3v) is 3.81. The van der Waals surface area contributed by atoms with E-state index in [-0.39, 0.29) is 12.5 Å². The number of nitrogens with one attached hydrogen (secondary N) is 2. The first-order chi connectivity index (χ1) is 10.4. The zero-order chi connectivity index (χ0) is 16.3. The molecule has 8 nitrogen and oxygen atoms in total. The molecule has 1 aromatic rings. The van der Waals surface area contributed by atoms with Crippen molar-refractivity contribution in [1.82, 2.24) is 20.0 Å². The lowest BCUT2D eigenvalue weighted by Gasteiger charge is -2.15. The van der Waals surface area contributed by atoms with Crippen molar-refractivity contribution in [2.45, 2.75) is 26.7 Å². The maximum absolute atomic E-state index is 11.9. The van der Waals surface area contributed by atoms with Crippen molar-refractivity contribution >= 4 is 23.4 Å². The number of nitrogens with zero attached hydrogens (tertiary/aromatic N) is 3. The van der Waals surface area contributed by atoms with E-state index in [1.807, 2.05) is 0 Å². The second kappa shape index (κ2) is 6.59. The topological polar surface area (TPSA) is 96.3 Å². The van der Waals surface area contributed by atoms with Gasteiger partial charge in [0.25, 0.3) is 0 Å². The molecule has 1 aliphatic heterocycles. The highest BCUT2D eigenvalue weighted by Gasteiger charge is 2.21. The SMILES string of the molecule is Cc1nn(C)c(C)c1NC(=O)C(=O)NCC(=O)N1CCCC1. The van der Waals surface area contributed by atoms with Gasteiger partial charge in [0.05, 0.1) is 23.6 Å². The van der Waals surface area contributed by atoms with Gasteiger partial charge in [0, 0.05) is 20.1 Å². The average Bonchev–Trinajstić information content (AvgIpc) is 3.09. The molecule has 0 bridgehead atoms. The summed E-state index contributed by atoms with van der Waals surface area (Å²) in [5.41, 5.74) is 1.91. The standard InChI is InChI=1S/C14H21N5O3/c1-9-12(10(2)18(3)17-9)16-14(22)13(21)15-8-11(20)19-6-4-5-7-19/h4-8H2,1-3H3,(H,15,21)(H,16,22). The number of amides is 3. The van der Waals surface area contributed by atoms with Crippen molar-refractivity contribution in [3.63, 3.8) is 0 Å². The summed E-state index contributed by atoms with van der Waals surface area (Å²) in [7, 11) is 1.76. The summed E-state index contributed by atoms with van der Waals surface area (Å²) in [6, 6.07) is 0. The molecule has 8 heteroatoms. The Hall–Kier alpha value is -2.38. The fourth-order valence-electron chi connectivity index (χ4n) is 2.44. The Balaban J connectivity index is 1.87. The van der Waals surface area contributed by atoms with Gasteiger partial charge in [0.15, 0.2) is 0 Å². The first kappa shape index (κ1) is 16.0. The number of anilines is 1. The Morgan fingerprint density at radius 1 is 1.14 bits per heavy atom. The normalized spacial score (nSPS) is 14.0. The van der Waals surface area contributed by atoms with Crippen LogP contribution in [0.25, 0.3) is 0 Å². The van der Waals surface area contributed by atoms with Crippen molar-refractivity contribution in [2.24, 2.45) is 7.05 Å². The summed E-state index contributed by atoms with van der Waals surface area (Å²) in [6.07, 6.45) is 1.97. The van der Waals surface area contributed by atoms with Gasteiger partial charge in [-0.25, -0.2) is 0 Å². The van der Waals surface area contributed by atoms with Crippen molar-refractivity contribution in [1.29, 1.82) is 0 Å². The van der Waals surface area contributed by atoms with Gasteiger partial charge in [-0.2, -0.15) is 5.10 Å². The number of hydrogen-bond donors (Lipinski definition) is 2. The second-order valence-corrected chi connectivity index (χ2v) is 5.39. The van der Waals surface area contributed by atoms with E-state index >= 15 is 0 Å². The smallest absolute Gasteiger partial charge is 0.313 e. The van der Waals surface area contributed by atoms with Crippen LogP contribution in [0.1, 0.15) is 24.2 Å². The van der Waals surface area contributed by atoms with Gasteiger partial charge in [0.2, 0.25) is 5.91 Å². The summed E-state index contributed by atoms with van der Waals surface area (Å²) in [4.78, 5) is 37.1. The number of rotatable bonds is 3. The molecule has 0 radical (unpaired) electrons. The highest BCUT2D eigenvalue weighted by molar-refractivity contribution is 6.40. The lowest BCUT2D eigenvalue weighted by atomic mass is 10.3. The van der Waals surface area contributed by atoms with Crippen LogP contribution in [-0.2, 0) is 21.4 Å². The number of carbonyl (C=O) groups is 3. The highest BCUT2D eigenvalue weighted by atomic mass is 16.2. The minimum Gasteiger partial charge on any atom is -0.341 e. The van der Waals surface area contributed by atoms with E-state index < -0.39 is 11.8 Å². The molecule has 2 N–H and O–H groups in total. The first-order valence-corrected chi connectivity index (χ1v) is 7.27. The van der Waals surface area contributed by atoms with Gasteiger partial charge in [-0.1, -0.05) is 0 Å². The molecule has 1 aliphatic rings. The number of likely N-dealkylation sites (tertiary alicyclic amines) is 1. The lowest BCUT2D eigenvalue weighted by Crippen LogP contribution is -2.42. The summed E-state index contributed by atoms with van der Waals surface area (Å²) < 4.78 is 1.62. The summed E-state index contributed by atoms with van der Waals surface area (Å²) in [5, 5.41) is 9.05. The van der Waals surface area contributed by atoms with E-state index in [0.717, 1.165) is 31.6 Å². The van der Waals surface area contributed by atoms with Crippen molar-refractivity contribution < 1.29 is 14.4 Å². The van der Waals surface area contributed by atoms with Gasteiger partial charge in [-0.05, 0) is 26.7 Å². The third-order valence-electron chi connectivity index (χ3n) is 3.81. The maximum Gasteiger partial charge on any atom is 0.313 e. The predicted molar refractivity (Wildman–Crippen MR) is 80.1 cm³/mol. The van der Waals surface area contributed by atoms with Crippen LogP contribution in [-0.4, -0.2) is 52.0 Å². The molecular formula is C14H21N5O3. The molecule has 0 unspecified atom stereocenters. The Bertz CT molecular complexity index is 602. The molecule has 0 spiro atoms. The predicted octanol–water partition coefficient (Wildman–Crippen LogP) is -0.286. The third kappa shape index (κ3) is 3.44. The van der Waals surface area contributed by atoms with Crippen LogP contribution in [0.15, 0.2) is 0 Å². The van der Waals surface area contributed by atoms with E-state index in [1.165, 1.54) is 0 Å². The fourth-order valence-corrected chi connectivity index (χ4v) is 2.44. The van der Waals surface area contributed by atoms with Crippen LogP contribution in [0.5, 0.6) is 0 Å².